The van der Waals surface area contributed by atoms with E-state index in [2.05, 4.69) is 21.8 Å². The van der Waals surface area contributed by atoms with Crippen molar-refractivity contribution in [3.8, 4) is 0 Å². The molecule has 6 heteroatoms. The molecule has 0 radical (unpaired) electrons. The number of benzene rings is 1. The molecular formula is C19H24N4O2. The van der Waals surface area contributed by atoms with Crippen molar-refractivity contribution in [2.24, 2.45) is 18.9 Å². The highest BCUT2D eigenvalue weighted by Gasteiger charge is 2.66. The van der Waals surface area contributed by atoms with Crippen LogP contribution in [0.2, 0.25) is 0 Å². The number of carbonyl (C=O) groups is 1. The van der Waals surface area contributed by atoms with Crippen LogP contribution in [0.25, 0.3) is 0 Å². The smallest absolute Gasteiger partial charge is 0.407 e. The molecule has 2 heterocycles. The third kappa shape index (κ3) is 2.91. The number of hydrogen-bond acceptors (Lipinski definition) is 4. The van der Waals surface area contributed by atoms with E-state index in [9.17, 15) is 4.79 Å². The van der Waals surface area contributed by atoms with Crippen LogP contribution < -0.4 is 10.6 Å². The van der Waals surface area contributed by atoms with Crippen LogP contribution in [0.1, 0.15) is 17.7 Å². The Morgan fingerprint density at radius 2 is 2.20 bits per heavy atom. The van der Waals surface area contributed by atoms with Crippen molar-refractivity contribution in [3.63, 3.8) is 0 Å². The predicted octanol–water partition coefficient (Wildman–Crippen LogP) is 1.82. The van der Waals surface area contributed by atoms with Gasteiger partial charge in [0.15, 0.2) is 0 Å². The van der Waals surface area contributed by atoms with Gasteiger partial charge in [-0.15, -0.1) is 0 Å². The maximum Gasteiger partial charge on any atom is 0.407 e. The van der Waals surface area contributed by atoms with E-state index in [1.165, 1.54) is 5.69 Å². The second-order valence-electron chi connectivity index (χ2n) is 7.00. The fraction of sp³-hybridized carbons (Fsp3) is 0.474. The zero-order valence-electron chi connectivity index (χ0n) is 14.4. The number of ether oxygens (including phenoxy) is 1. The Bertz CT molecular complexity index is 731. The fourth-order valence-electron chi connectivity index (χ4n) is 4.46. The number of carbonyl (C=O) groups excluding carboxylic acids is 1. The molecule has 0 bridgehead atoms. The molecule has 0 spiro atoms. The zero-order chi connectivity index (χ0) is 17.3. The number of aromatic nitrogens is 2. The molecule has 3 unspecified atom stereocenters. The summed E-state index contributed by atoms with van der Waals surface area (Å²) in [6.45, 7) is 2.92. The van der Waals surface area contributed by atoms with Crippen LogP contribution in [-0.2, 0) is 23.8 Å². The lowest BCUT2D eigenvalue weighted by Gasteiger charge is -2.19. The summed E-state index contributed by atoms with van der Waals surface area (Å²) in [6, 6.07) is 11.8. The van der Waals surface area contributed by atoms with E-state index in [1.807, 2.05) is 48.3 Å². The van der Waals surface area contributed by atoms with Crippen LogP contribution in [0.15, 0.2) is 42.6 Å². The number of amides is 1. The van der Waals surface area contributed by atoms with Crippen molar-refractivity contribution in [2.45, 2.75) is 18.4 Å². The van der Waals surface area contributed by atoms with Gasteiger partial charge in [0.05, 0.1) is 0 Å². The average Bonchev–Trinajstić information content (AvgIpc) is 3.10. The van der Waals surface area contributed by atoms with Gasteiger partial charge in [-0.1, -0.05) is 30.3 Å². The first-order chi connectivity index (χ1) is 12.2. The van der Waals surface area contributed by atoms with Gasteiger partial charge in [-0.3, -0.25) is 4.68 Å². The number of hydrogen-bond donors (Lipinski definition) is 2. The molecule has 25 heavy (non-hydrogen) atoms. The normalized spacial score (nSPS) is 27.4. The number of fused-ring (bicyclic) bond motifs is 1. The molecule has 1 saturated carbocycles. The van der Waals surface area contributed by atoms with Gasteiger partial charge in [-0.05, 0) is 43.0 Å². The van der Waals surface area contributed by atoms with Crippen LogP contribution in [0.5, 0.6) is 0 Å². The van der Waals surface area contributed by atoms with Crippen molar-refractivity contribution in [1.82, 2.24) is 20.4 Å². The van der Waals surface area contributed by atoms with E-state index in [-0.39, 0.29) is 11.5 Å². The highest BCUT2D eigenvalue weighted by molar-refractivity contribution is 5.67. The maximum atomic E-state index is 12.2. The number of rotatable bonds is 5. The molecule has 1 aromatic carbocycles. The molecule has 2 fully saturated rings. The van der Waals surface area contributed by atoms with Crippen molar-refractivity contribution < 1.29 is 9.53 Å². The van der Waals surface area contributed by atoms with Crippen LogP contribution in [0.3, 0.4) is 0 Å². The Morgan fingerprint density at radius 1 is 1.36 bits per heavy atom. The van der Waals surface area contributed by atoms with Crippen LogP contribution in [0, 0.1) is 11.8 Å². The van der Waals surface area contributed by atoms with Crippen molar-refractivity contribution in [1.29, 1.82) is 0 Å². The summed E-state index contributed by atoms with van der Waals surface area (Å²) in [4.78, 5) is 12.2. The van der Waals surface area contributed by atoms with Gasteiger partial charge in [0, 0.05) is 30.9 Å². The Labute approximate surface area is 147 Å². The minimum absolute atomic E-state index is 0.0273. The third-order valence-electron chi connectivity index (χ3n) is 5.73. The molecular weight excluding hydrogens is 316 g/mol. The van der Waals surface area contributed by atoms with E-state index in [4.69, 9.17) is 4.74 Å². The van der Waals surface area contributed by atoms with Gasteiger partial charge in [0.25, 0.3) is 0 Å². The largest absolute Gasteiger partial charge is 0.445 e. The third-order valence-corrected chi connectivity index (χ3v) is 5.73. The number of nitrogens with zero attached hydrogens (tertiary/aromatic N) is 2. The predicted molar refractivity (Wildman–Crippen MR) is 94.0 cm³/mol. The van der Waals surface area contributed by atoms with Crippen molar-refractivity contribution in [3.05, 3.63) is 53.9 Å². The Hall–Kier alpha value is -2.34. The van der Waals surface area contributed by atoms with Gasteiger partial charge in [-0.25, -0.2) is 4.79 Å². The zero-order valence-corrected chi connectivity index (χ0v) is 14.4. The summed E-state index contributed by atoms with van der Waals surface area (Å²) >= 11 is 0. The molecule has 2 N–H and O–H groups in total. The van der Waals surface area contributed by atoms with Crippen LogP contribution in [0.4, 0.5) is 4.79 Å². The number of nitrogens with one attached hydrogen (secondary N) is 2. The first-order valence-corrected chi connectivity index (χ1v) is 8.85. The van der Waals surface area contributed by atoms with Gasteiger partial charge < -0.3 is 15.4 Å². The lowest BCUT2D eigenvalue weighted by Crippen LogP contribution is -2.36. The van der Waals surface area contributed by atoms with Gasteiger partial charge in [0.1, 0.15) is 6.61 Å². The molecule has 132 valence electrons. The SMILES string of the molecule is Cn1nccc1C1(CNC(=O)OCc2ccccc2)C2CCNCC21. The van der Waals surface area contributed by atoms with E-state index in [0.717, 1.165) is 25.1 Å². The summed E-state index contributed by atoms with van der Waals surface area (Å²) in [5, 5.41) is 10.8. The van der Waals surface area contributed by atoms with Gasteiger partial charge >= 0.3 is 6.09 Å². The van der Waals surface area contributed by atoms with Crippen LogP contribution >= 0.6 is 0 Å². The number of aryl methyl sites for hydroxylation is 1. The maximum absolute atomic E-state index is 12.2. The average molecular weight is 340 g/mol. The second kappa shape index (κ2) is 6.52. The minimum atomic E-state index is -0.359. The Kier molecular flexibility index (Phi) is 4.21. The summed E-state index contributed by atoms with van der Waals surface area (Å²) in [6.07, 6.45) is 2.61. The summed E-state index contributed by atoms with van der Waals surface area (Å²) in [5.74, 6) is 1.14. The highest BCUT2D eigenvalue weighted by Crippen LogP contribution is 2.61. The van der Waals surface area contributed by atoms with Crippen molar-refractivity contribution >= 4 is 6.09 Å². The molecule has 1 aromatic heterocycles. The van der Waals surface area contributed by atoms with Crippen molar-refractivity contribution in [2.75, 3.05) is 19.6 Å². The first kappa shape index (κ1) is 16.1. The van der Waals surface area contributed by atoms with Gasteiger partial charge in [0.2, 0.25) is 0 Å². The monoisotopic (exact) mass is 340 g/mol. The molecule has 2 aliphatic rings. The molecule has 1 saturated heterocycles. The fourth-order valence-corrected chi connectivity index (χ4v) is 4.46. The highest BCUT2D eigenvalue weighted by atomic mass is 16.5. The van der Waals surface area contributed by atoms with Crippen LogP contribution in [-0.4, -0.2) is 35.5 Å². The summed E-state index contributed by atoms with van der Waals surface area (Å²) < 4.78 is 7.30. The lowest BCUT2D eigenvalue weighted by atomic mass is 9.96. The molecule has 1 aliphatic carbocycles. The lowest BCUT2D eigenvalue weighted by molar-refractivity contribution is 0.138. The number of alkyl carbamates (subject to hydrolysis) is 1. The topological polar surface area (TPSA) is 68.2 Å². The van der Waals surface area contributed by atoms with E-state index < -0.39 is 0 Å². The molecule has 4 rings (SSSR count). The summed E-state index contributed by atoms with van der Waals surface area (Å²) in [7, 11) is 1.97. The first-order valence-electron chi connectivity index (χ1n) is 8.85. The molecule has 3 atom stereocenters. The quantitative estimate of drug-likeness (QED) is 0.871. The van der Waals surface area contributed by atoms with E-state index >= 15 is 0 Å². The Morgan fingerprint density at radius 3 is 2.88 bits per heavy atom. The molecule has 6 nitrogen and oxygen atoms in total. The minimum Gasteiger partial charge on any atom is -0.445 e. The molecule has 2 aromatic rings. The second-order valence-corrected chi connectivity index (χ2v) is 7.00. The summed E-state index contributed by atoms with van der Waals surface area (Å²) in [5.41, 5.74) is 2.17. The van der Waals surface area contributed by atoms with E-state index in [1.54, 1.807) is 0 Å². The van der Waals surface area contributed by atoms with Gasteiger partial charge in [-0.2, -0.15) is 5.10 Å². The molecule has 1 amide bonds. The Balaban J connectivity index is 1.41. The van der Waals surface area contributed by atoms with E-state index in [0.29, 0.717) is 25.0 Å². The standard InChI is InChI=1S/C19H24N4O2/c1-23-17(8-10-22-23)19(15-7-9-20-11-16(15)19)13-21-18(24)25-12-14-5-3-2-4-6-14/h2-6,8,10,15-16,20H,7,9,11-13H2,1H3,(H,21,24). The number of piperidine rings is 1. The molecule has 1 aliphatic heterocycles.